The van der Waals surface area contributed by atoms with Gasteiger partial charge in [-0.3, -0.25) is 4.79 Å². The highest BCUT2D eigenvalue weighted by molar-refractivity contribution is 7.89. The maximum absolute atomic E-state index is 12.4. The number of methoxy groups -OCH3 is 1. The highest BCUT2D eigenvalue weighted by Gasteiger charge is 2.51. The van der Waals surface area contributed by atoms with Crippen LogP contribution in [-0.4, -0.2) is 44.1 Å². The molecule has 0 heterocycles. The minimum atomic E-state index is -3.81. The number of hydrogen-bond acceptors (Lipinski definition) is 5. The number of aliphatic carboxylic acids is 1. The third kappa shape index (κ3) is 3.22. The number of carboxylic acids is 1. The fourth-order valence-corrected chi connectivity index (χ4v) is 3.82. The Balaban J connectivity index is 1.88. The standard InChI is InChI=1S/C15H18N2O6S/c1-23-11-5-2-9(13(18)16-15(6-7-15)14(19)20)8-12(11)24(21,22)17-10-3-4-10/h2,5,8,10,17H,3-4,6-7H2,1H3,(H,16,18)(H,19,20). The molecule has 0 radical (unpaired) electrons. The van der Waals surface area contributed by atoms with Crippen LogP contribution < -0.4 is 14.8 Å². The SMILES string of the molecule is COc1ccc(C(=O)NC2(C(=O)O)CC2)cc1S(=O)(=O)NC1CC1. The van der Waals surface area contributed by atoms with Crippen LogP contribution in [0.5, 0.6) is 5.75 Å². The summed E-state index contributed by atoms with van der Waals surface area (Å²) in [6.07, 6.45) is 2.28. The van der Waals surface area contributed by atoms with Gasteiger partial charge in [-0.05, 0) is 43.9 Å². The van der Waals surface area contributed by atoms with Gasteiger partial charge in [0.05, 0.1) is 7.11 Å². The van der Waals surface area contributed by atoms with Gasteiger partial charge in [-0.15, -0.1) is 0 Å². The Bertz CT molecular complexity index is 796. The molecule has 2 aliphatic carbocycles. The molecule has 2 saturated carbocycles. The Kier molecular flexibility index (Phi) is 4.00. The van der Waals surface area contributed by atoms with Crippen molar-refractivity contribution in [1.29, 1.82) is 0 Å². The number of sulfonamides is 1. The van der Waals surface area contributed by atoms with Crippen molar-refractivity contribution >= 4 is 21.9 Å². The highest BCUT2D eigenvalue weighted by Crippen LogP contribution is 2.36. The van der Waals surface area contributed by atoms with Gasteiger partial charge in [0.2, 0.25) is 10.0 Å². The number of carboxylic acid groups (broad SMARTS) is 1. The van der Waals surface area contributed by atoms with Crippen molar-refractivity contribution in [2.45, 2.75) is 42.2 Å². The molecule has 2 aliphatic rings. The van der Waals surface area contributed by atoms with E-state index in [0.717, 1.165) is 12.8 Å². The van der Waals surface area contributed by atoms with Gasteiger partial charge in [-0.1, -0.05) is 0 Å². The van der Waals surface area contributed by atoms with Crippen molar-refractivity contribution in [2.24, 2.45) is 0 Å². The minimum Gasteiger partial charge on any atom is -0.495 e. The summed E-state index contributed by atoms with van der Waals surface area (Å²) < 4.78 is 32.5. The molecule has 0 aliphatic heterocycles. The Morgan fingerprint density at radius 1 is 1.29 bits per heavy atom. The average Bonchev–Trinajstić information content (AvgIpc) is 3.43. The van der Waals surface area contributed by atoms with Gasteiger partial charge in [0, 0.05) is 11.6 Å². The lowest BCUT2D eigenvalue weighted by Crippen LogP contribution is -2.43. The highest BCUT2D eigenvalue weighted by atomic mass is 32.2. The minimum absolute atomic E-state index is 0.0690. The third-order valence-corrected chi connectivity index (χ3v) is 5.67. The fourth-order valence-electron chi connectivity index (χ4n) is 2.32. The quantitative estimate of drug-likeness (QED) is 0.655. The normalized spacial score (nSPS) is 18.7. The van der Waals surface area contributed by atoms with Crippen LogP contribution in [0.3, 0.4) is 0 Å². The lowest BCUT2D eigenvalue weighted by atomic mass is 10.1. The summed E-state index contributed by atoms with van der Waals surface area (Å²) in [7, 11) is -2.47. The molecule has 0 saturated heterocycles. The van der Waals surface area contributed by atoms with Crippen LogP contribution in [0.1, 0.15) is 36.0 Å². The smallest absolute Gasteiger partial charge is 0.329 e. The molecular weight excluding hydrogens is 336 g/mol. The molecule has 0 bridgehead atoms. The lowest BCUT2D eigenvalue weighted by molar-refractivity contribution is -0.140. The molecule has 8 nitrogen and oxygen atoms in total. The molecule has 1 aromatic rings. The molecule has 0 spiro atoms. The number of benzene rings is 1. The predicted molar refractivity (Wildman–Crippen MR) is 83.4 cm³/mol. The van der Waals surface area contributed by atoms with Crippen molar-refractivity contribution in [2.75, 3.05) is 7.11 Å². The van der Waals surface area contributed by atoms with E-state index in [4.69, 9.17) is 9.84 Å². The molecule has 2 fully saturated rings. The summed E-state index contributed by atoms with van der Waals surface area (Å²) in [6, 6.07) is 3.91. The van der Waals surface area contributed by atoms with Gasteiger partial charge < -0.3 is 15.2 Å². The first kappa shape index (κ1) is 16.7. The summed E-state index contributed by atoms with van der Waals surface area (Å²) in [5.41, 5.74) is -1.16. The average molecular weight is 354 g/mol. The topological polar surface area (TPSA) is 122 Å². The zero-order chi connectivity index (χ0) is 17.5. The van der Waals surface area contributed by atoms with Crippen molar-refractivity contribution in [3.05, 3.63) is 23.8 Å². The van der Waals surface area contributed by atoms with Gasteiger partial charge >= 0.3 is 5.97 Å². The van der Waals surface area contributed by atoms with Crippen LogP contribution in [0, 0.1) is 0 Å². The molecular formula is C15H18N2O6S. The Morgan fingerprint density at radius 2 is 1.96 bits per heavy atom. The second-order valence-corrected chi connectivity index (χ2v) is 7.78. The first-order valence-electron chi connectivity index (χ1n) is 7.54. The summed E-state index contributed by atoms with van der Waals surface area (Å²) in [4.78, 5) is 23.3. The Labute approximate surface area is 139 Å². The molecule has 9 heteroatoms. The van der Waals surface area contributed by atoms with E-state index >= 15 is 0 Å². The van der Waals surface area contributed by atoms with Crippen molar-refractivity contribution in [3.8, 4) is 5.75 Å². The van der Waals surface area contributed by atoms with Crippen LogP contribution in [0.2, 0.25) is 0 Å². The first-order chi connectivity index (χ1) is 11.3. The fraction of sp³-hybridized carbons (Fsp3) is 0.467. The maximum atomic E-state index is 12.4. The van der Waals surface area contributed by atoms with Gasteiger partial charge in [-0.25, -0.2) is 17.9 Å². The molecule has 0 aromatic heterocycles. The van der Waals surface area contributed by atoms with Crippen molar-refractivity contribution in [3.63, 3.8) is 0 Å². The third-order valence-electron chi connectivity index (χ3n) is 4.13. The maximum Gasteiger partial charge on any atom is 0.329 e. The van der Waals surface area contributed by atoms with E-state index in [1.54, 1.807) is 0 Å². The number of nitrogens with one attached hydrogen (secondary N) is 2. The van der Waals surface area contributed by atoms with Crippen molar-refractivity contribution < 1.29 is 27.9 Å². The molecule has 0 unspecified atom stereocenters. The van der Waals surface area contributed by atoms with Crippen LogP contribution >= 0.6 is 0 Å². The second kappa shape index (κ2) is 5.75. The van der Waals surface area contributed by atoms with Crippen LogP contribution in [0.15, 0.2) is 23.1 Å². The van der Waals surface area contributed by atoms with Crippen molar-refractivity contribution in [1.82, 2.24) is 10.0 Å². The van der Waals surface area contributed by atoms with Gasteiger partial charge in [0.1, 0.15) is 16.2 Å². The number of rotatable bonds is 7. The van der Waals surface area contributed by atoms with E-state index in [1.165, 1.54) is 25.3 Å². The van der Waals surface area contributed by atoms with Gasteiger partial charge in [-0.2, -0.15) is 0 Å². The number of carbonyl (C=O) groups excluding carboxylic acids is 1. The summed E-state index contributed by atoms with van der Waals surface area (Å²) in [5, 5.41) is 11.6. The van der Waals surface area contributed by atoms with Gasteiger partial charge in [0.25, 0.3) is 5.91 Å². The number of ether oxygens (including phenoxy) is 1. The van der Waals surface area contributed by atoms with E-state index in [0.29, 0.717) is 12.8 Å². The molecule has 130 valence electrons. The predicted octanol–water partition coefficient (Wildman–Crippen LogP) is 0.483. The zero-order valence-corrected chi connectivity index (χ0v) is 13.9. The lowest BCUT2D eigenvalue weighted by Gasteiger charge is -2.15. The molecule has 24 heavy (non-hydrogen) atoms. The summed E-state index contributed by atoms with van der Waals surface area (Å²) >= 11 is 0. The van der Waals surface area contributed by atoms with Crippen LogP contribution in [0.25, 0.3) is 0 Å². The second-order valence-electron chi connectivity index (χ2n) is 6.10. The van der Waals surface area contributed by atoms with Gasteiger partial charge in [0.15, 0.2) is 0 Å². The number of carbonyl (C=O) groups is 2. The van der Waals surface area contributed by atoms with E-state index in [-0.39, 0.29) is 22.3 Å². The number of amides is 1. The van der Waals surface area contributed by atoms with E-state index < -0.39 is 27.4 Å². The summed E-state index contributed by atoms with van der Waals surface area (Å²) in [6.45, 7) is 0. The Morgan fingerprint density at radius 3 is 2.46 bits per heavy atom. The van der Waals surface area contributed by atoms with E-state index in [2.05, 4.69) is 10.0 Å². The monoisotopic (exact) mass is 354 g/mol. The largest absolute Gasteiger partial charge is 0.495 e. The first-order valence-corrected chi connectivity index (χ1v) is 9.02. The molecule has 1 amide bonds. The van der Waals surface area contributed by atoms with Crippen LogP contribution in [0.4, 0.5) is 0 Å². The summed E-state index contributed by atoms with van der Waals surface area (Å²) in [5.74, 6) is -1.59. The molecule has 0 atom stereocenters. The van der Waals surface area contributed by atoms with E-state index in [1.807, 2.05) is 0 Å². The Hall–Kier alpha value is -2.13. The van der Waals surface area contributed by atoms with E-state index in [9.17, 15) is 18.0 Å². The molecule has 3 N–H and O–H groups in total. The molecule has 3 rings (SSSR count). The molecule has 1 aromatic carbocycles. The zero-order valence-electron chi connectivity index (χ0n) is 13.0. The number of hydrogen-bond donors (Lipinski definition) is 3. The van der Waals surface area contributed by atoms with Crippen LogP contribution in [-0.2, 0) is 14.8 Å².